The zero-order chi connectivity index (χ0) is 25.1. The van der Waals surface area contributed by atoms with Gasteiger partial charge < -0.3 is 10.6 Å². The molecule has 2 fully saturated rings. The van der Waals surface area contributed by atoms with Gasteiger partial charge in [-0.15, -0.1) is 0 Å². The first-order chi connectivity index (χ1) is 17.5. The molecule has 2 aliphatic rings. The highest BCUT2D eigenvalue weighted by atomic mass is 16.2. The summed E-state index contributed by atoms with van der Waals surface area (Å²) in [6.45, 7) is 0.878. The molecule has 0 spiro atoms. The zero-order valence-corrected chi connectivity index (χ0v) is 19.3. The van der Waals surface area contributed by atoms with Gasteiger partial charge in [0, 0.05) is 37.9 Å². The number of rotatable bonds is 8. The lowest BCUT2D eigenvalue weighted by molar-refractivity contribution is -0.123. The second kappa shape index (κ2) is 10.1. The maximum Gasteiger partial charge on any atom is 0.251 e. The zero-order valence-electron chi connectivity index (χ0n) is 19.3. The molecule has 10 heteroatoms. The summed E-state index contributed by atoms with van der Waals surface area (Å²) < 4.78 is 0. The van der Waals surface area contributed by atoms with E-state index in [1.165, 1.54) is 0 Å². The number of pyridine rings is 2. The van der Waals surface area contributed by atoms with Crippen LogP contribution in [0.2, 0.25) is 0 Å². The van der Waals surface area contributed by atoms with Crippen molar-refractivity contribution in [2.45, 2.75) is 38.0 Å². The van der Waals surface area contributed by atoms with Gasteiger partial charge in [-0.25, -0.2) is 9.80 Å². The van der Waals surface area contributed by atoms with Crippen LogP contribution in [0.1, 0.15) is 24.0 Å². The van der Waals surface area contributed by atoms with Crippen molar-refractivity contribution in [1.82, 2.24) is 20.6 Å². The number of aromatic nitrogens is 2. The Hall–Kier alpha value is -4.28. The maximum absolute atomic E-state index is 12.9. The number of amides is 4. The molecule has 2 aliphatic heterocycles. The minimum atomic E-state index is -0.626. The van der Waals surface area contributed by atoms with Crippen molar-refractivity contribution in [2.24, 2.45) is 0 Å². The predicted molar refractivity (Wildman–Crippen MR) is 130 cm³/mol. The fraction of sp³-hybridized carbons (Fsp3) is 0.231. The Bertz CT molecular complexity index is 1180. The summed E-state index contributed by atoms with van der Waals surface area (Å²) in [5.41, 5.74) is 2.71. The molecule has 10 nitrogen and oxygen atoms in total. The quantitative estimate of drug-likeness (QED) is 0.459. The molecular weight excluding hydrogens is 460 g/mol. The molecule has 182 valence electrons. The Kier molecular flexibility index (Phi) is 6.61. The third-order valence-electron chi connectivity index (χ3n) is 6.26. The topological polar surface area (TPSA) is 125 Å². The Balaban J connectivity index is 1.23. The van der Waals surface area contributed by atoms with Crippen LogP contribution in [0.25, 0.3) is 0 Å². The second-order valence-electron chi connectivity index (χ2n) is 8.64. The molecule has 0 aliphatic carbocycles. The number of carbonyl (C=O) groups excluding carboxylic acids is 4. The number of nitrogens with zero attached hydrogens (tertiary/aromatic N) is 4. The Morgan fingerprint density at radius 3 is 1.33 bits per heavy atom. The van der Waals surface area contributed by atoms with Crippen molar-refractivity contribution in [3.63, 3.8) is 0 Å². The Labute approximate surface area is 207 Å². The van der Waals surface area contributed by atoms with E-state index in [0.29, 0.717) is 24.5 Å². The van der Waals surface area contributed by atoms with Gasteiger partial charge >= 0.3 is 0 Å². The van der Waals surface area contributed by atoms with Crippen molar-refractivity contribution < 1.29 is 19.2 Å². The molecule has 4 amide bonds. The van der Waals surface area contributed by atoms with Crippen molar-refractivity contribution >= 4 is 35.0 Å². The second-order valence-corrected chi connectivity index (χ2v) is 8.64. The van der Waals surface area contributed by atoms with Crippen LogP contribution in [0.5, 0.6) is 0 Å². The van der Waals surface area contributed by atoms with E-state index in [9.17, 15) is 19.2 Å². The smallest absolute Gasteiger partial charge is 0.251 e. The number of nitrogens with one attached hydrogen (secondary N) is 2. The molecule has 1 aromatic carbocycles. The van der Waals surface area contributed by atoms with E-state index in [0.717, 1.165) is 20.9 Å². The van der Waals surface area contributed by atoms with Crippen LogP contribution in [0, 0.1) is 0 Å². The molecule has 2 N–H and O–H groups in total. The maximum atomic E-state index is 12.9. The van der Waals surface area contributed by atoms with Crippen LogP contribution < -0.4 is 20.4 Å². The molecule has 3 aromatic rings. The van der Waals surface area contributed by atoms with E-state index in [1.54, 1.807) is 49.1 Å². The van der Waals surface area contributed by atoms with Crippen LogP contribution in [0.4, 0.5) is 11.4 Å². The largest absolute Gasteiger partial charge is 0.301 e. The third-order valence-corrected chi connectivity index (χ3v) is 6.26. The van der Waals surface area contributed by atoms with E-state index in [1.807, 2.05) is 24.3 Å². The summed E-state index contributed by atoms with van der Waals surface area (Å²) in [6.07, 6.45) is 6.78. The van der Waals surface area contributed by atoms with E-state index in [4.69, 9.17) is 0 Å². The molecule has 0 radical (unpaired) electrons. The van der Waals surface area contributed by atoms with Gasteiger partial charge in [0.2, 0.25) is 11.8 Å². The fourth-order valence-corrected chi connectivity index (χ4v) is 4.36. The van der Waals surface area contributed by atoms with E-state index < -0.39 is 12.1 Å². The number of imide groups is 2. The molecule has 2 saturated heterocycles. The summed E-state index contributed by atoms with van der Waals surface area (Å²) >= 11 is 0. The summed E-state index contributed by atoms with van der Waals surface area (Å²) in [5, 5.41) is 6.25. The van der Waals surface area contributed by atoms with Crippen LogP contribution >= 0.6 is 0 Å². The molecule has 4 heterocycles. The first-order valence-electron chi connectivity index (χ1n) is 11.6. The van der Waals surface area contributed by atoms with Gasteiger partial charge in [-0.05, 0) is 59.7 Å². The first kappa shape index (κ1) is 23.5. The lowest BCUT2D eigenvalue weighted by atomic mass is 10.2. The molecule has 2 atom stereocenters. The van der Waals surface area contributed by atoms with Gasteiger partial charge in [-0.2, -0.15) is 0 Å². The minimum Gasteiger partial charge on any atom is -0.301 e. The van der Waals surface area contributed by atoms with Gasteiger partial charge in [0.05, 0.1) is 36.3 Å². The lowest BCUT2D eigenvalue weighted by Gasteiger charge is -2.19. The van der Waals surface area contributed by atoms with Crippen molar-refractivity contribution in [3.8, 4) is 0 Å². The van der Waals surface area contributed by atoms with Crippen LogP contribution in [-0.4, -0.2) is 45.7 Å². The highest BCUT2D eigenvalue weighted by Crippen LogP contribution is 2.28. The van der Waals surface area contributed by atoms with Gasteiger partial charge in [0.25, 0.3) is 11.8 Å². The van der Waals surface area contributed by atoms with Crippen LogP contribution in [0.15, 0.2) is 73.3 Å². The fourth-order valence-electron chi connectivity index (χ4n) is 4.36. The van der Waals surface area contributed by atoms with Crippen molar-refractivity contribution in [3.05, 3.63) is 84.4 Å². The van der Waals surface area contributed by atoms with Crippen molar-refractivity contribution in [2.75, 3.05) is 9.80 Å². The van der Waals surface area contributed by atoms with Gasteiger partial charge in [0.15, 0.2) is 0 Å². The third kappa shape index (κ3) is 4.77. The molecule has 0 saturated carbocycles. The lowest BCUT2D eigenvalue weighted by Crippen LogP contribution is -2.39. The SMILES string of the molecule is O=C1CC(NCc2ccncc2)C(=O)N1c1ccc(N2C(=O)CC(NCc3ccncc3)C2=O)cc1. The number of carbonyl (C=O) groups is 4. The van der Waals surface area contributed by atoms with Crippen LogP contribution in [-0.2, 0) is 32.3 Å². The summed E-state index contributed by atoms with van der Waals surface area (Å²) in [7, 11) is 0. The Morgan fingerprint density at radius 2 is 0.972 bits per heavy atom. The van der Waals surface area contributed by atoms with E-state index in [-0.39, 0.29) is 36.5 Å². The van der Waals surface area contributed by atoms with Gasteiger partial charge in [-0.1, -0.05) is 0 Å². The number of anilines is 2. The summed E-state index contributed by atoms with van der Waals surface area (Å²) in [4.78, 5) is 61.3. The normalized spacial score (nSPS) is 20.0. The molecule has 36 heavy (non-hydrogen) atoms. The van der Waals surface area contributed by atoms with Gasteiger partial charge in [-0.3, -0.25) is 29.1 Å². The number of hydrogen-bond acceptors (Lipinski definition) is 8. The predicted octanol–water partition coefficient (Wildman–Crippen LogP) is 1.32. The molecule has 0 bridgehead atoms. The standard InChI is InChI=1S/C26H24N6O4/c33-23-13-21(29-15-17-5-9-27-10-6-17)25(35)31(23)19-1-2-20(4-3-19)32-24(34)14-22(26(32)36)30-16-18-7-11-28-12-8-18/h1-12,21-22,29-30H,13-16H2. The highest BCUT2D eigenvalue weighted by Gasteiger charge is 2.41. The van der Waals surface area contributed by atoms with E-state index >= 15 is 0 Å². The van der Waals surface area contributed by atoms with Crippen molar-refractivity contribution in [1.29, 1.82) is 0 Å². The first-order valence-corrected chi connectivity index (χ1v) is 11.6. The number of benzene rings is 1. The average molecular weight is 485 g/mol. The molecular formula is C26H24N6O4. The molecule has 2 aromatic heterocycles. The molecule has 2 unspecified atom stereocenters. The summed E-state index contributed by atoms with van der Waals surface area (Å²) in [6, 6.07) is 12.4. The van der Waals surface area contributed by atoms with E-state index in [2.05, 4.69) is 20.6 Å². The summed E-state index contributed by atoms with van der Waals surface area (Å²) in [5.74, 6) is -1.30. The highest BCUT2D eigenvalue weighted by molar-refractivity contribution is 6.24. The Morgan fingerprint density at radius 1 is 0.611 bits per heavy atom. The molecule has 5 rings (SSSR count). The average Bonchev–Trinajstić information content (AvgIpc) is 3.35. The number of hydrogen-bond donors (Lipinski definition) is 2. The van der Waals surface area contributed by atoms with Gasteiger partial charge in [0.1, 0.15) is 0 Å². The minimum absolute atomic E-state index is 0.0552. The monoisotopic (exact) mass is 484 g/mol. The van der Waals surface area contributed by atoms with Crippen LogP contribution in [0.3, 0.4) is 0 Å².